The van der Waals surface area contributed by atoms with Crippen molar-refractivity contribution >= 4 is 27.5 Å². The van der Waals surface area contributed by atoms with Crippen molar-refractivity contribution in [3.8, 4) is 5.69 Å². The Kier molecular flexibility index (Phi) is 5.03. The fourth-order valence-corrected chi connectivity index (χ4v) is 3.88. The number of benzene rings is 2. The molecule has 0 aliphatic heterocycles. The molecule has 2 aromatic carbocycles. The Bertz CT molecular complexity index is 1130. The first-order chi connectivity index (χ1) is 12.7. The molecule has 27 heavy (non-hydrogen) atoms. The van der Waals surface area contributed by atoms with Gasteiger partial charge in [-0.15, -0.1) is 0 Å². The molecule has 6 nitrogen and oxygen atoms in total. The maximum atomic E-state index is 13.2. The normalized spacial score (nSPS) is 11.4. The summed E-state index contributed by atoms with van der Waals surface area (Å²) in [5.74, 6) is -1.38. The molecule has 0 saturated carbocycles. The van der Waals surface area contributed by atoms with Crippen molar-refractivity contribution in [3.63, 3.8) is 0 Å². The van der Waals surface area contributed by atoms with Gasteiger partial charge in [0.15, 0.2) is 0 Å². The standard InChI is InChI=1S/C18H15ClFN3O3S/c1-11-9-14(20)5-8-17(11)27(25,26)22-18(24)16-10-23(21-12(16)2)15-6-3-13(19)4-7-15/h3-10H,1-2H3,(H,22,24). The molecule has 9 heteroatoms. The number of nitrogens with one attached hydrogen (secondary N) is 1. The van der Waals surface area contributed by atoms with Crippen LogP contribution in [-0.4, -0.2) is 24.1 Å². The van der Waals surface area contributed by atoms with Gasteiger partial charge in [-0.25, -0.2) is 22.2 Å². The number of sulfonamides is 1. The zero-order valence-corrected chi connectivity index (χ0v) is 16.0. The van der Waals surface area contributed by atoms with E-state index in [0.717, 1.165) is 18.2 Å². The van der Waals surface area contributed by atoms with Crippen LogP contribution in [0.3, 0.4) is 0 Å². The number of aromatic nitrogens is 2. The minimum absolute atomic E-state index is 0.105. The van der Waals surface area contributed by atoms with Gasteiger partial charge in [0, 0.05) is 11.2 Å². The molecular formula is C18H15ClFN3O3S. The van der Waals surface area contributed by atoms with E-state index in [1.807, 2.05) is 4.72 Å². The molecule has 0 atom stereocenters. The molecule has 0 aliphatic carbocycles. The Hall–Kier alpha value is -2.71. The van der Waals surface area contributed by atoms with Gasteiger partial charge in [0.2, 0.25) is 0 Å². The van der Waals surface area contributed by atoms with Gasteiger partial charge in [0.25, 0.3) is 15.9 Å². The van der Waals surface area contributed by atoms with E-state index in [-0.39, 0.29) is 16.0 Å². The van der Waals surface area contributed by atoms with Crippen molar-refractivity contribution in [2.75, 3.05) is 0 Å². The largest absolute Gasteiger partial charge is 0.268 e. The monoisotopic (exact) mass is 407 g/mol. The zero-order chi connectivity index (χ0) is 19.8. The minimum Gasteiger partial charge on any atom is -0.268 e. The number of carbonyl (C=O) groups excluding carboxylic acids is 1. The van der Waals surface area contributed by atoms with Crippen LogP contribution < -0.4 is 4.72 Å². The lowest BCUT2D eigenvalue weighted by atomic mass is 10.2. The summed E-state index contributed by atoms with van der Waals surface area (Å²) in [6, 6.07) is 10.0. The Morgan fingerprint density at radius 2 is 1.81 bits per heavy atom. The maximum absolute atomic E-state index is 13.2. The topological polar surface area (TPSA) is 81.1 Å². The molecule has 140 valence electrons. The number of carbonyl (C=O) groups is 1. The number of rotatable bonds is 4. The third kappa shape index (κ3) is 4.01. The third-order valence-corrected chi connectivity index (χ3v) is 5.63. The predicted molar refractivity (Wildman–Crippen MR) is 99.1 cm³/mol. The average Bonchev–Trinajstić information content (AvgIpc) is 2.96. The van der Waals surface area contributed by atoms with Crippen molar-refractivity contribution in [1.29, 1.82) is 0 Å². The van der Waals surface area contributed by atoms with Crippen LogP contribution in [0, 0.1) is 19.7 Å². The first kappa shape index (κ1) is 19.1. The van der Waals surface area contributed by atoms with Gasteiger partial charge >= 0.3 is 0 Å². The highest BCUT2D eigenvalue weighted by molar-refractivity contribution is 7.90. The van der Waals surface area contributed by atoms with Crippen LogP contribution in [0.25, 0.3) is 5.69 Å². The molecule has 1 heterocycles. The SMILES string of the molecule is Cc1cc(F)ccc1S(=O)(=O)NC(=O)c1cn(-c2ccc(Cl)cc2)nc1C. The van der Waals surface area contributed by atoms with E-state index in [1.54, 1.807) is 31.2 Å². The number of halogens is 2. The Morgan fingerprint density at radius 3 is 2.44 bits per heavy atom. The second kappa shape index (κ2) is 7.13. The van der Waals surface area contributed by atoms with E-state index >= 15 is 0 Å². The second-order valence-electron chi connectivity index (χ2n) is 5.89. The summed E-state index contributed by atoms with van der Waals surface area (Å²) in [7, 11) is -4.15. The number of hydrogen-bond donors (Lipinski definition) is 1. The first-order valence-corrected chi connectivity index (χ1v) is 9.69. The number of hydrogen-bond acceptors (Lipinski definition) is 4. The van der Waals surface area contributed by atoms with Gasteiger partial charge < -0.3 is 0 Å². The second-order valence-corrected chi connectivity index (χ2v) is 7.98. The predicted octanol–water partition coefficient (Wildman–Crippen LogP) is 3.40. The molecule has 3 rings (SSSR count). The van der Waals surface area contributed by atoms with Crippen molar-refractivity contribution in [1.82, 2.24) is 14.5 Å². The molecule has 0 saturated heterocycles. The van der Waals surface area contributed by atoms with E-state index in [0.29, 0.717) is 16.4 Å². The smallest absolute Gasteiger partial charge is 0.268 e. The Balaban J connectivity index is 1.89. The van der Waals surface area contributed by atoms with Crippen molar-refractivity contribution in [3.05, 3.63) is 76.3 Å². The van der Waals surface area contributed by atoms with Crippen LogP contribution >= 0.6 is 11.6 Å². The summed E-state index contributed by atoms with van der Waals surface area (Å²) in [6.45, 7) is 3.04. The molecule has 1 aromatic heterocycles. The summed E-state index contributed by atoms with van der Waals surface area (Å²) in [4.78, 5) is 12.3. The molecule has 1 N–H and O–H groups in total. The fourth-order valence-electron chi connectivity index (χ4n) is 2.56. The Morgan fingerprint density at radius 1 is 1.15 bits per heavy atom. The van der Waals surface area contributed by atoms with Gasteiger partial charge in [0.1, 0.15) is 5.82 Å². The lowest BCUT2D eigenvalue weighted by Gasteiger charge is -2.09. The highest BCUT2D eigenvalue weighted by Crippen LogP contribution is 2.18. The van der Waals surface area contributed by atoms with Crippen LogP contribution in [0.1, 0.15) is 21.6 Å². The van der Waals surface area contributed by atoms with Gasteiger partial charge in [-0.2, -0.15) is 5.10 Å². The van der Waals surface area contributed by atoms with E-state index in [4.69, 9.17) is 11.6 Å². The van der Waals surface area contributed by atoms with Gasteiger partial charge in [0.05, 0.1) is 21.8 Å². The summed E-state index contributed by atoms with van der Waals surface area (Å²) in [5.41, 5.74) is 1.32. The first-order valence-electron chi connectivity index (χ1n) is 7.83. The molecule has 0 spiro atoms. The summed E-state index contributed by atoms with van der Waals surface area (Å²) in [6.07, 6.45) is 1.43. The van der Waals surface area contributed by atoms with Crippen LogP contribution in [0.15, 0.2) is 53.6 Å². The summed E-state index contributed by atoms with van der Waals surface area (Å²) >= 11 is 5.86. The Labute approximate surface area is 160 Å². The van der Waals surface area contributed by atoms with Crippen LogP contribution in [0.5, 0.6) is 0 Å². The molecule has 0 aliphatic rings. The maximum Gasteiger partial charge on any atom is 0.268 e. The number of amides is 1. The molecule has 0 bridgehead atoms. The van der Waals surface area contributed by atoms with E-state index in [2.05, 4.69) is 5.10 Å². The highest BCUT2D eigenvalue weighted by Gasteiger charge is 2.23. The van der Waals surface area contributed by atoms with Crippen molar-refractivity contribution in [2.45, 2.75) is 18.7 Å². The molecule has 0 unspecified atom stereocenters. The quantitative estimate of drug-likeness (QED) is 0.718. The minimum atomic E-state index is -4.15. The van der Waals surface area contributed by atoms with Crippen LogP contribution in [0.2, 0.25) is 5.02 Å². The van der Waals surface area contributed by atoms with Crippen molar-refractivity contribution < 1.29 is 17.6 Å². The molecule has 3 aromatic rings. The molecular weight excluding hydrogens is 393 g/mol. The zero-order valence-electron chi connectivity index (χ0n) is 14.4. The van der Waals surface area contributed by atoms with Gasteiger partial charge in [-0.1, -0.05) is 11.6 Å². The molecule has 0 radical (unpaired) electrons. The van der Waals surface area contributed by atoms with E-state index < -0.39 is 21.7 Å². The average molecular weight is 408 g/mol. The summed E-state index contributed by atoms with van der Waals surface area (Å²) < 4.78 is 41.6. The fraction of sp³-hybridized carbons (Fsp3) is 0.111. The van der Waals surface area contributed by atoms with E-state index in [9.17, 15) is 17.6 Å². The number of aryl methyl sites for hydroxylation is 2. The van der Waals surface area contributed by atoms with Crippen LogP contribution in [-0.2, 0) is 10.0 Å². The molecule has 0 fully saturated rings. The lowest BCUT2D eigenvalue weighted by Crippen LogP contribution is -2.31. The summed E-state index contributed by atoms with van der Waals surface area (Å²) in [5, 5.41) is 4.79. The van der Waals surface area contributed by atoms with Crippen LogP contribution in [0.4, 0.5) is 4.39 Å². The highest BCUT2D eigenvalue weighted by atomic mass is 35.5. The van der Waals surface area contributed by atoms with E-state index in [1.165, 1.54) is 17.8 Å². The lowest BCUT2D eigenvalue weighted by molar-refractivity contribution is 0.0981. The molecule has 1 amide bonds. The van der Waals surface area contributed by atoms with Gasteiger partial charge in [-0.05, 0) is 61.9 Å². The van der Waals surface area contributed by atoms with Gasteiger partial charge in [-0.3, -0.25) is 4.79 Å². The number of nitrogens with zero attached hydrogens (tertiary/aromatic N) is 2. The van der Waals surface area contributed by atoms with Crippen molar-refractivity contribution in [2.24, 2.45) is 0 Å². The third-order valence-electron chi connectivity index (χ3n) is 3.89.